The molecule has 1 aromatic carbocycles. The molecule has 1 N–H and O–H groups in total. The SMILES string of the molecule is OCc1ccc(C=CCCS)cc1F. The van der Waals surface area contributed by atoms with Gasteiger partial charge in [0.1, 0.15) is 5.82 Å². The molecule has 0 fully saturated rings. The van der Waals surface area contributed by atoms with Crippen LogP contribution in [0.2, 0.25) is 0 Å². The lowest BCUT2D eigenvalue weighted by atomic mass is 10.1. The number of thiol groups is 1. The topological polar surface area (TPSA) is 20.2 Å². The van der Waals surface area contributed by atoms with Gasteiger partial charge < -0.3 is 5.11 Å². The summed E-state index contributed by atoms with van der Waals surface area (Å²) >= 11 is 4.06. The minimum absolute atomic E-state index is 0.257. The zero-order valence-corrected chi connectivity index (χ0v) is 8.67. The van der Waals surface area contributed by atoms with Crippen molar-refractivity contribution in [3.05, 3.63) is 41.2 Å². The van der Waals surface area contributed by atoms with Crippen LogP contribution in [0.1, 0.15) is 17.5 Å². The monoisotopic (exact) mass is 212 g/mol. The summed E-state index contributed by atoms with van der Waals surface area (Å²) in [5.74, 6) is 0.425. The minimum atomic E-state index is -0.361. The fourth-order valence-electron chi connectivity index (χ4n) is 1.09. The Morgan fingerprint density at radius 1 is 1.43 bits per heavy atom. The molecule has 0 spiro atoms. The largest absolute Gasteiger partial charge is 0.392 e. The van der Waals surface area contributed by atoms with E-state index in [-0.39, 0.29) is 12.4 Å². The Hall–Kier alpha value is -0.800. The van der Waals surface area contributed by atoms with E-state index in [9.17, 15) is 4.39 Å². The van der Waals surface area contributed by atoms with Crippen molar-refractivity contribution in [2.75, 3.05) is 5.75 Å². The van der Waals surface area contributed by atoms with Gasteiger partial charge >= 0.3 is 0 Å². The average Bonchev–Trinajstić information content (AvgIpc) is 2.18. The Morgan fingerprint density at radius 2 is 2.21 bits per heavy atom. The fourth-order valence-corrected chi connectivity index (χ4v) is 1.24. The lowest BCUT2D eigenvalue weighted by Gasteiger charge is -1.99. The number of aliphatic hydroxyl groups excluding tert-OH is 1. The van der Waals surface area contributed by atoms with E-state index in [1.807, 2.05) is 12.2 Å². The summed E-state index contributed by atoms with van der Waals surface area (Å²) in [6.45, 7) is -0.257. The number of hydrogen-bond donors (Lipinski definition) is 2. The number of benzene rings is 1. The van der Waals surface area contributed by atoms with Crippen LogP contribution in [0, 0.1) is 5.82 Å². The summed E-state index contributed by atoms with van der Waals surface area (Å²) in [7, 11) is 0. The van der Waals surface area contributed by atoms with E-state index >= 15 is 0 Å². The van der Waals surface area contributed by atoms with Gasteiger partial charge in [-0.2, -0.15) is 12.6 Å². The van der Waals surface area contributed by atoms with Crippen LogP contribution in [0.3, 0.4) is 0 Å². The summed E-state index contributed by atoms with van der Waals surface area (Å²) < 4.78 is 13.2. The van der Waals surface area contributed by atoms with E-state index in [0.717, 1.165) is 17.7 Å². The standard InChI is InChI=1S/C11H13FOS/c12-11-7-9(3-1-2-6-14)4-5-10(11)8-13/h1,3-5,7,13-14H,2,6,8H2. The number of rotatable bonds is 4. The number of aliphatic hydroxyl groups is 1. The zero-order valence-electron chi connectivity index (χ0n) is 7.78. The normalized spacial score (nSPS) is 11.1. The lowest BCUT2D eigenvalue weighted by Crippen LogP contribution is -1.89. The molecule has 1 aromatic rings. The highest BCUT2D eigenvalue weighted by atomic mass is 32.1. The van der Waals surface area contributed by atoms with Gasteiger partial charge in [0.25, 0.3) is 0 Å². The average molecular weight is 212 g/mol. The van der Waals surface area contributed by atoms with Crippen molar-refractivity contribution in [1.29, 1.82) is 0 Å². The first kappa shape index (κ1) is 11.3. The van der Waals surface area contributed by atoms with Crippen molar-refractivity contribution in [1.82, 2.24) is 0 Å². The van der Waals surface area contributed by atoms with Crippen molar-refractivity contribution in [2.45, 2.75) is 13.0 Å². The molecule has 0 aliphatic heterocycles. The van der Waals surface area contributed by atoms with Gasteiger partial charge in [0.15, 0.2) is 0 Å². The first-order valence-corrected chi connectivity index (χ1v) is 5.08. The highest BCUT2D eigenvalue weighted by Gasteiger charge is 1.99. The summed E-state index contributed by atoms with van der Waals surface area (Å²) in [6.07, 6.45) is 4.66. The van der Waals surface area contributed by atoms with Crippen molar-refractivity contribution < 1.29 is 9.50 Å². The third-order valence-electron chi connectivity index (χ3n) is 1.85. The van der Waals surface area contributed by atoms with Gasteiger partial charge in [-0.1, -0.05) is 24.3 Å². The first-order valence-electron chi connectivity index (χ1n) is 4.44. The van der Waals surface area contributed by atoms with Gasteiger partial charge in [-0.15, -0.1) is 0 Å². The van der Waals surface area contributed by atoms with E-state index in [1.165, 1.54) is 6.07 Å². The fraction of sp³-hybridized carbons (Fsp3) is 0.273. The molecule has 0 aromatic heterocycles. The molecule has 1 nitrogen and oxygen atoms in total. The van der Waals surface area contributed by atoms with Gasteiger partial charge in [-0.3, -0.25) is 0 Å². The van der Waals surface area contributed by atoms with Crippen LogP contribution in [0.15, 0.2) is 24.3 Å². The Balaban J connectivity index is 2.76. The highest BCUT2D eigenvalue weighted by molar-refractivity contribution is 7.80. The summed E-state index contributed by atoms with van der Waals surface area (Å²) in [5, 5.41) is 8.76. The molecule has 0 atom stereocenters. The van der Waals surface area contributed by atoms with Gasteiger partial charge in [0.2, 0.25) is 0 Å². The van der Waals surface area contributed by atoms with Crippen molar-refractivity contribution >= 4 is 18.7 Å². The second-order valence-electron chi connectivity index (χ2n) is 2.92. The molecular weight excluding hydrogens is 199 g/mol. The van der Waals surface area contributed by atoms with Gasteiger partial charge in [0.05, 0.1) is 6.61 Å². The molecule has 0 amide bonds. The van der Waals surface area contributed by atoms with Crippen LogP contribution in [-0.4, -0.2) is 10.9 Å². The Kier molecular flexibility index (Phi) is 4.70. The third kappa shape index (κ3) is 3.16. The van der Waals surface area contributed by atoms with Crippen LogP contribution in [-0.2, 0) is 6.61 Å². The molecule has 0 bridgehead atoms. The van der Waals surface area contributed by atoms with E-state index < -0.39 is 0 Å². The molecule has 0 radical (unpaired) electrons. The van der Waals surface area contributed by atoms with Crippen LogP contribution >= 0.6 is 12.6 Å². The Morgan fingerprint density at radius 3 is 2.79 bits per heavy atom. The predicted octanol–water partition coefficient (Wildman–Crippen LogP) is 2.65. The van der Waals surface area contributed by atoms with Gasteiger partial charge in [-0.25, -0.2) is 4.39 Å². The molecule has 14 heavy (non-hydrogen) atoms. The number of hydrogen-bond acceptors (Lipinski definition) is 2. The summed E-state index contributed by atoms with van der Waals surface area (Å²) in [6, 6.07) is 4.79. The molecular formula is C11H13FOS. The summed E-state index contributed by atoms with van der Waals surface area (Å²) in [5.41, 5.74) is 1.14. The van der Waals surface area contributed by atoms with E-state index in [2.05, 4.69) is 12.6 Å². The Labute approximate surface area is 88.7 Å². The highest BCUT2D eigenvalue weighted by Crippen LogP contribution is 2.11. The van der Waals surface area contributed by atoms with Crippen molar-refractivity contribution in [3.8, 4) is 0 Å². The molecule has 0 saturated heterocycles. The molecule has 1 rings (SSSR count). The lowest BCUT2D eigenvalue weighted by molar-refractivity contribution is 0.275. The molecule has 0 heterocycles. The maximum atomic E-state index is 13.2. The zero-order chi connectivity index (χ0) is 10.4. The smallest absolute Gasteiger partial charge is 0.129 e. The number of allylic oxidation sites excluding steroid dienone is 1. The second-order valence-corrected chi connectivity index (χ2v) is 3.37. The first-order chi connectivity index (χ1) is 6.77. The predicted molar refractivity (Wildman–Crippen MR) is 59.8 cm³/mol. The van der Waals surface area contributed by atoms with E-state index in [1.54, 1.807) is 12.1 Å². The number of halogens is 1. The van der Waals surface area contributed by atoms with Crippen LogP contribution in [0.5, 0.6) is 0 Å². The maximum Gasteiger partial charge on any atom is 0.129 e. The molecule has 0 unspecified atom stereocenters. The molecule has 0 aliphatic carbocycles. The quantitative estimate of drug-likeness (QED) is 0.735. The van der Waals surface area contributed by atoms with Crippen LogP contribution in [0.25, 0.3) is 6.08 Å². The molecule has 0 aliphatic rings. The second kappa shape index (κ2) is 5.83. The minimum Gasteiger partial charge on any atom is -0.392 e. The van der Waals surface area contributed by atoms with Crippen molar-refractivity contribution in [2.24, 2.45) is 0 Å². The van der Waals surface area contributed by atoms with Crippen LogP contribution in [0.4, 0.5) is 4.39 Å². The molecule has 0 saturated carbocycles. The van der Waals surface area contributed by atoms with E-state index in [4.69, 9.17) is 5.11 Å². The van der Waals surface area contributed by atoms with Crippen LogP contribution < -0.4 is 0 Å². The maximum absolute atomic E-state index is 13.2. The third-order valence-corrected chi connectivity index (χ3v) is 2.11. The van der Waals surface area contributed by atoms with Gasteiger partial charge in [-0.05, 0) is 23.8 Å². The van der Waals surface area contributed by atoms with E-state index in [0.29, 0.717) is 5.56 Å². The summed E-state index contributed by atoms with van der Waals surface area (Å²) in [4.78, 5) is 0. The van der Waals surface area contributed by atoms with Crippen molar-refractivity contribution in [3.63, 3.8) is 0 Å². The van der Waals surface area contributed by atoms with Gasteiger partial charge in [0, 0.05) is 5.56 Å². The molecule has 3 heteroatoms. The molecule has 76 valence electrons. The Bertz CT molecular complexity index is 323.